The summed E-state index contributed by atoms with van der Waals surface area (Å²) in [5.74, 6) is 0. The van der Waals surface area contributed by atoms with Crippen LogP contribution in [0.1, 0.15) is 0 Å². The van der Waals surface area contributed by atoms with Crippen LogP contribution < -0.4 is 120 Å². The maximum absolute atomic E-state index is 10.8. The molecule has 0 aliphatic carbocycles. The molecule has 17 heteroatoms. The summed E-state index contributed by atoms with van der Waals surface area (Å²) in [6.07, 6.45) is 0. The van der Waals surface area contributed by atoms with E-state index in [1.54, 1.807) is 0 Å². The van der Waals surface area contributed by atoms with Gasteiger partial charge < -0.3 is 19.2 Å². The van der Waals surface area contributed by atoms with Crippen molar-refractivity contribution >= 4 is 43.2 Å². The summed E-state index contributed by atoms with van der Waals surface area (Å²) in [6, 6.07) is 0. The number of hydrogen-bond donors (Lipinski definition) is 0. The summed E-state index contributed by atoms with van der Waals surface area (Å²) in [5.41, 5.74) is -3.49. The van der Waals surface area contributed by atoms with E-state index in [1.807, 2.05) is 0 Å². The SMILES string of the molecule is O=P([O-])([O-])[O-].O=c1n(Cl)c(=O)n(Cl)c(=O)n1Cl.[Na+].[Na+].[Na+]. The second-order valence-electron chi connectivity index (χ2n) is 2.14. The Morgan fingerprint density at radius 3 is 0.900 bits per heavy atom. The fourth-order valence-corrected chi connectivity index (χ4v) is 1.05. The van der Waals surface area contributed by atoms with Gasteiger partial charge in [-0.05, 0) is 0 Å². The normalized spacial score (nSPS) is 9.10. The van der Waals surface area contributed by atoms with Gasteiger partial charge in [0.05, 0.1) is 0 Å². The van der Waals surface area contributed by atoms with Gasteiger partial charge in [0, 0.05) is 35.3 Å². The molecule has 0 atom stereocenters. The summed E-state index contributed by atoms with van der Waals surface area (Å²) < 4.78 is 8.80. The molecule has 98 valence electrons. The third kappa shape index (κ3) is 11.0. The van der Waals surface area contributed by atoms with Gasteiger partial charge in [0.2, 0.25) is 0 Å². The monoisotopic (exact) mass is 395 g/mol. The Labute approximate surface area is 192 Å². The van der Waals surface area contributed by atoms with Gasteiger partial charge in [0.1, 0.15) is 0 Å². The molecule has 1 aromatic heterocycles. The largest absolute Gasteiger partial charge is 1.00 e. The van der Waals surface area contributed by atoms with Crippen molar-refractivity contribution in [3.63, 3.8) is 0 Å². The first-order valence-electron chi connectivity index (χ1n) is 3.19. The first-order valence-corrected chi connectivity index (χ1v) is 5.67. The molecule has 0 aliphatic rings. The number of aromatic nitrogens is 3. The summed E-state index contributed by atoms with van der Waals surface area (Å²) in [4.78, 5) is 57.9. The first-order chi connectivity index (χ1) is 7.46. The van der Waals surface area contributed by atoms with Gasteiger partial charge in [-0.1, -0.05) is 0 Å². The van der Waals surface area contributed by atoms with Gasteiger partial charge in [-0.3, -0.25) is 0 Å². The van der Waals surface area contributed by atoms with Crippen molar-refractivity contribution in [2.45, 2.75) is 0 Å². The van der Waals surface area contributed by atoms with Gasteiger partial charge in [-0.15, -0.1) is 12.3 Å². The fraction of sp³-hybridized carbons (Fsp3) is 0. The molecule has 0 bridgehead atoms. The Hall–Kier alpha value is 2.39. The van der Waals surface area contributed by atoms with E-state index >= 15 is 0 Å². The van der Waals surface area contributed by atoms with Crippen molar-refractivity contribution in [2.75, 3.05) is 0 Å². The van der Waals surface area contributed by atoms with E-state index in [4.69, 9.17) is 54.6 Å². The van der Waals surface area contributed by atoms with Crippen LogP contribution in [0.5, 0.6) is 0 Å². The van der Waals surface area contributed by atoms with E-state index in [1.165, 1.54) is 0 Å². The Kier molecular flexibility index (Phi) is 19.3. The molecule has 0 radical (unpaired) electrons. The zero-order valence-corrected chi connectivity index (χ0v) is 19.4. The van der Waals surface area contributed by atoms with Crippen LogP contribution in [0.3, 0.4) is 0 Å². The van der Waals surface area contributed by atoms with Crippen LogP contribution in [-0.4, -0.2) is 12.3 Å². The van der Waals surface area contributed by atoms with Crippen molar-refractivity contribution in [1.82, 2.24) is 12.3 Å². The Morgan fingerprint density at radius 1 is 0.700 bits per heavy atom. The third-order valence-corrected chi connectivity index (χ3v) is 1.88. The predicted octanol–water partition coefficient (Wildman–Crippen LogP) is -12.6. The van der Waals surface area contributed by atoms with Crippen molar-refractivity contribution in [2.24, 2.45) is 0 Å². The molecule has 20 heavy (non-hydrogen) atoms. The number of nitrogens with zero attached hydrogens (tertiary/aromatic N) is 3. The first kappa shape index (κ1) is 30.3. The van der Waals surface area contributed by atoms with Crippen molar-refractivity contribution in [3.8, 4) is 0 Å². The summed E-state index contributed by atoms with van der Waals surface area (Å²) in [5, 5.41) is 0. The van der Waals surface area contributed by atoms with Crippen LogP contribution >= 0.6 is 43.2 Å². The van der Waals surface area contributed by atoms with E-state index in [9.17, 15) is 14.4 Å². The minimum Gasteiger partial charge on any atom is -0.822 e. The topological polar surface area (TPSA) is 152 Å². The Bertz CT molecular complexity index is 526. The molecule has 0 saturated carbocycles. The van der Waals surface area contributed by atoms with E-state index < -0.39 is 24.9 Å². The Morgan fingerprint density at radius 2 is 0.800 bits per heavy atom. The second kappa shape index (κ2) is 12.8. The molecule has 10 nitrogen and oxygen atoms in total. The summed E-state index contributed by atoms with van der Waals surface area (Å²) >= 11 is 15.3. The number of halogens is 3. The van der Waals surface area contributed by atoms with E-state index in [2.05, 4.69) is 0 Å². The molecule has 1 aromatic rings. The van der Waals surface area contributed by atoms with Crippen molar-refractivity contribution < 1.29 is 108 Å². The quantitative estimate of drug-likeness (QED) is 0.312. The van der Waals surface area contributed by atoms with Gasteiger partial charge in [-0.2, -0.15) is 7.82 Å². The second-order valence-corrected chi connectivity index (χ2v) is 4.05. The van der Waals surface area contributed by atoms with Crippen LogP contribution in [0.15, 0.2) is 14.4 Å². The van der Waals surface area contributed by atoms with Crippen LogP contribution in [0, 0.1) is 0 Å². The number of rotatable bonds is 0. The van der Waals surface area contributed by atoms with Gasteiger partial charge in [0.15, 0.2) is 0 Å². The molecule has 0 spiro atoms. The zero-order chi connectivity index (χ0) is 14.0. The molecule has 0 amide bonds. The van der Waals surface area contributed by atoms with E-state index in [0.717, 1.165) is 0 Å². The number of hydrogen-bond acceptors (Lipinski definition) is 7. The zero-order valence-electron chi connectivity index (χ0n) is 10.3. The maximum Gasteiger partial charge on any atom is 1.00 e. The van der Waals surface area contributed by atoms with Gasteiger partial charge >= 0.3 is 106 Å². The predicted molar refractivity (Wildman–Crippen MR) is 50.6 cm³/mol. The molecule has 0 aliphatic heterocycles. The minimum atomic E-state index is -5.39. The molecule has 1 heterocycles. The fourth-order valence-electron chi connectivity index (χ4n) is 0.477. The van der Waals surface area contributed by atoms with Crippen LogP contribution in [0.2, 0.25) is 0 Å². The van der Waals surface area contributed by atoms with Gasteiger partial charge in [0.25, 0.3) is 0 Å². The minimum absolute atomic E-state index is 0. The maximum atomic E-state index is 10.8. The molecular weight excluding hydrogens is 396 g/mol. The molecule has 0 unspecified atom stereocenters. The Balaban J connectivity index is -0.000000141. The van der Waals surface area contributed by atoms with E-state index in [-0.39, 0.29) is 101 Å². The number of phosphoric acid groups is 1. The summed E-state index contributed by atoms with van der Waals surface area (Å²) in [6.45, 7) is 0. The molecule has 0 aromatic carbocycles. The molecular formula is C3Cl3N3Na3O7P. The van der Waals surface area contributed by atoms with Crippen LogP contribution in [0.25, 0.3) is 0 Å². The van der Waals surface area contributed by atoms with Crippen LogP contribution in [0.4, 0.5) is 0 Å². The van der Waals surface area contributed by atoms with Crippen molar-refractivity contribution in [1.29, 1.82) is 0 Å². The molecule has 1 rings (SSSR count). The smallest absolute Gasteiger partial charge is 0.822 e. The molecule has 0 fully saturated rings. The van der Waals surface area contributed by atoms with Crippen molar-refractivity contribution in [3.05, 3.63) is 31.5 Å². The average Bonchev–Trinajstić information content (AvgIpc) is 2.18. The molecule has 0 saturated heterocycles. The summed E-state index contributed by atoms with van der Waals surface area (Å²) in [7, 11) is -5.39. The van der Waals surface area contributed by atoms with Crippen LogP contribution in [-0.2, 0) is 4.57 Å². The van der Waals surface area contributed by atoms with Gasteiger partial charge in [-0.25, -0.2) is 14.4 Å². The standard InChI is InChI=1S/C3Cl3N3O3.3Na.H3O4P/c4-7-1(10)8(5)3(12)9(6)2(7)11;;;;1-5(2,3)4/h;;;;(H3,1,2,3,4)/q;3*+1;/p-3. The molecule has 0 N–H and O–H groups in total. The average molecular weight is 396 g/mol. The van der Waals surface area contributed by atoms with E-state index in [0.29, 0.717) is 0 Å². The third-order valence-electron chi connectivity index (χ3n) is 1.01.